The van der Waals surface area contributed by atoms with E-state index in [9.17, 15) is 0 Å². The van der Waals surface area contributed by atoms with Crippen LogP contribution in [0.3, 0.4) is 0 Å². The third kappa shape index (κ3) is 3.22. The zero-order valence-electron chi connectivity index (χ0n) is 12.9. The lowest BCUT2D eigenvalue weighted by molar-refractivity contribution is 0.00578. The SMILES string of the molecule is CCNc1cncc(/C=C/B2OC(C)(C)C(C)(C)O2)c1. The predicted octanol–water partition coefficient (Wildman–Crippen LogP) is 3.16. The van der Waals surface area contributed by atoms with Gasteiger partial charge in [-0.3, -0.25) is 4.98 Å². The zero-order chi connectivity index (χ0) is 14.8. The lowest BCUT2D eigenvalue weighted by Gasteiger charge is -2.32. The minimum absolute atomic E-state index is 0.300. The summed E-state index contributed by atoms with van der Waals surface area (Å²) in [6, 6.07) is 2.05. The van der Waals surface area contributed by atoms with Gasteiger partial charge < -0.3 is 14.6 Å². The van der Waals surface area contributed by atoms with E-state index < -0.39 is 0 Å². The average Bonchev–Trinajstić information content (AvgIpc) is 2.56. The van der Waals surface area contributed by atoms with Gasteiger partial charge in [0.1, 0.15) is 0 Å². The van der Waals surface area contributed by atoms with Crippen LogP contribution in [0.25, 0.3) is 6.08 Å². The van der Waals surface area contributed by atoms with E-state index >= 15 is 0 Å². The molecule has 2 rings (SSSR count). The maximum absolute atomic E-state index is 5.92. The van der Waals surface area contributed by atoms with Crippen molar-refractivity contribution in [1.29, 1.82) is 0 Å². The Morgan fingerprint density at radius 3 is 2.45 bits per heavy atom. The molecule has 1 aromatic rings. The highest BCUT2D eigenvalue weighted by Crippen LogP contribution is 2.37. The maximum Gasteiger partial charge on any atom is 0.487 e. The fourth-order valence-corrected chi connectivity index (χ4v) is 2.01. The van der Waals surface area contributed by atoms with Crippen molar-refractivity contribution < 1.29 is 9.31 Å². The molecule has 0 aromatic carbocycles. The van der Waals surface area contributed by atoms with E-state index in [4.69, 9.17) is 9.31 Å². The Balaban J connectivity index is 2.06. The quantitative estimate of drug-likeness (QED) is 0.856. The van der Waals surface area contributed by atoms with E-state index in [0.29, 0.717) is 0 Å². The van der Waals surface area contributed by atoms with Crippen LogP contribution in [-0.2, 0) is 9.31 Å². The molecular formula is C15H23BN2O2. The van der Waals surface area contributed by atoms with Crippen molar-refractivity contribution in [3.8, 4) is 0 Å². The second-order valence-electron chi connectivity index (χ2n) is 6.02. The van der Waals surface area contributed by atoms with Crippen molar-refractivity contribution in [2.75, 3.05) is 11.9 Å². The van der Waals surface area contributed by atoms with E-state index in [1.54, 1.807) is 0 Å². The van der Waals surface area contributed by atoms with Crippen molar-refractivity contribution in [1.82, 2.24) is 4.98 Å². The molecule has 2 heterocycles. The van der Waals surface area contributed by atoms with Crippen LogP contribution in [0.5, 0.6) is 0 Å². The molecule has 4 nitrogen and oxygen atoms in total. The monoisotopic (exact) mass is 274 g/mol. The third-order valence-corrected chi connectivity index (χ3v) is 3.86. The fourth-order valence-electron chi connectivity index (χ4n) is 2.01. The summed E-state index contributed by atoms with van der Waals surface area (Å²) in [5, 5.41) is 3.24. The number of nitrogens with one attached hydrogen (secondary N) is 1. The summed E-state index contributed by atoms with van der Waals surface area (Å²) in [7, 11) is -0.317. The Bertz CT molecular complexity index is 484. The first kappa shape index (κ1) is 15.1. The number of rotatable bonds is 4. The molecule has 5 heteroatoms. The maximum atomic E-state index is 5.92. The summed E-state index contributed by atoms with van der Waals surface area (Å²) < 4.78 is 11.8. The predicted molar refractivity (Wildman–Crippen MR) is 83.5 cm³/mol. The van der Waals surface area contributed by atoms with Crippen molar-refractivity contribution in [3.63, 3.8) is 0 Å². The average molecular weight is 274 g/mol. The number of nitrogens with zero attached hydrogens (tertiary/aromatic N) is 1. The van der Waals surface area contributed by atoms with Crippen LogP contribution in [-0.4, -0.2) is 29.8 Å². The van der Waals surface area contributed by atoms with E-state index in [1.165, 1.54) is 0 Å². The van der Waals surface area contributed by atoms with Gasteiger partial charge in [-0.1, -0.05) is 12.1 Å². The highest BCUT2D eigenvalue weighted by atomic mass is 16.7. The van der Waals surface area contributed by atoms with Gasteiger partial charge in [-0.2, -0.15) is 0 Å². The molecule has 0 bridgehead atoms. The molecule has 0 spiro atoms. The Hall–Kier alpha value is -1.33. The van der Waals surface area contributed by atoms with Crippen LogP contribution in [0.15, 0.2) is 24.4 Å². The fraction of sp³-hybridized carbons (Fsp3) is 0.533. The summed E-state index contributed by atoms with van der Waals surface area (Å²) in [6.45, 7) is 11.1. The first-order chi connectivity index (χ1) is 9.34. The molecular weight excluding hydrogens is 251 g/mol. The number of hydrogen-bond acceptors (Lipinski definition) is 4. The molecule has 1 saturated heterocycles. The molecule has 1 aliphatic heterocycles. The normalized spacial score (nSPS) is 20.6. The summed E-state index contributed by atoms with van der Waals surface area (Å²) in [4.78, 5) is 4.21. The van der Waals surface area contributed by atoms with Gasteiger partial charge in [0.25, 0.3) is 0 Å². The minimum atomic E-state index is -0.317. The molecule has 0 atom stereocenters. The van der Waals surface area contributed by atoms with Gasteiger partial charge in [0.2, 0.25) is 0 Å². The van der Waals surface area contributed by atoms with E-state index in [0.717, 1.165) is 17.8 Å². The molecule has 1 aliphatic rings. The van der Waals surface area contributed by atoms with E-state index in [-0.39, 0.29) is 18.3 Å². The third-order valence-electron chi connectivity index (χ3n) is 3.86. The molecule has 1 fully saturated rings. The molecule has 1 N–H and O–H groups in total. The van der Waals surface area contributed by atoms with Crippen LogP contribution < -0.4 is 5.32 Å². The van der Waals surface area contributed by atoms with Crippen LogP contribution in [0, 0.1) is 0 Å². The number of pyridine rings is 1. The van der Waals surface area contributed by atoms with Crippen molar-refractivity contribution >= 4 is 18.9 Å². The topological polar surface area (TPSA) is 43.4 Å². The summed E-state index contributed by atoms with van der Waals surface area (Å²) in [6.07, 6.45) is 5.62. The zero-order valence-corrected chi connectivity index (χ0v) is 12.9. The van der Waals surface area contributed by atoms with Gasteiger partial charge in [0.15, 0.2) is 0 Å². The number of anilines is 1. The standard InChI is InChI=1S/C15H23BN2O2/c1-6-18-13-9-12(10-17-11-13)7-8-16-19-14(2,3)15(4,5)20-16/h7-11,18H,6H2,1-5H3/b8-7+. The molecule has 20 heavy (non-hydrogen) atoms. The molecule has 0 amide bonds. The second kappa shape index (κ2) is 5.58. The van der Waals surface area contributed by atoms with Crippen LogP contribution in [0.2, 0.25) is 0 Å². The van der Waals surface area contributed by atoms with Gasteiger partial charge in [0.05, 0.1) is 16.9 Å². The van der Waals surface area contributed by atoms with Crippen molar-refractivity contribution in [2.45, 2.75) is 45.8 Å². The first-order valence-corrected chi connectivity index (χ1v) is 7.07. The molecule has 0 radical (unpaired) electrons. The van der Waals surface area contributed by atoms with Crippen LogP contribution >= 0.6 is 0 Å². The van der Waals surface area contributed by atoms with Gasteiger partial charge in [-0.15, -0.1) is 0 Å². The Morgan fingerprint density at radius 1 is 1.20 bits per heavy atom. The lowest BCUT2D eigenvalue weighted by atomic mass is 9.89. The highest BCUT2D eigenvalue weighted by Gasteiger charge is 2.49. The Morgan fingerprint density at radius 2 is 1.85 bits per heavy atom. The second-order valence-corrected chi connectivity index (χ2v) is 6.02. The highest BCUT2D eigenvalue weighted by molar-refractivity contribution is 6.52. The number of aromatic nitrogens is 1. The summed E-state index contributed by atoms with van der Waals surface area (Å²) in [5.41, 5.74) is 1.44. The molecule has 0 saturated carbocycles. The van der Waals surface area contributed by atoms with E-state index in [2.05, 4.69) is 23.3 Å². The van der Waals surface area contributed by atoms with Gasteiger partial charge >= 0.3 is 7.12 Å². The first-order valence-electron chi connectivity index (χ1n) is 7.07. The molecule has 108 valence electrons. The van der Waals surface area contributed by atoms with Gasteiger partial charge in [-0.25, -0.2) is 0 Å². The van der Waals surface area contributed by atoms with Crippen molar-refractivity contribution in [2.24, 2.45) is 0 Å². The van der Waals surface area contributed by atoms with Crippen LogP contribution in [0.1, 0.15) is 40.2 Å². The molecule has 1 aromatic heterocycles. The lowest BCUT2D eigenvalue weighted by Crippen LogP contribution is -2.41. The van der Waals surface area contributed by atoms with Crippen molar-refractivity contribution in [3.05, 3.63) is 30.0 Å². The Kier molecular flexibility index (Phi) is 4.21. The van der Waals surface area contributed by atoms with Crippen LogP contribution in [0.4, 0.5) is 5.69 Å². The molecule has 0 unspecified atom stereocenters. The van der Waals surface area contributed by atoms with E-state index in [1.807, 2.05) is 52.1 Å². The smallest absolute Gasteiger partial charge is 0.400 e. The van der Waals surface area contributed by atoms with Gasteiger partial charge in [0, 0.05) is 18.9 Å². The Labute approximate surface area is 121 Å². The number of hydrogen-bond donors (Lipinski definition) is 1. The largest absolute Gasteiger partial charge is 0.487 e. The molecule has 0 aliphatic carbocycles. The minimum Gasteiger partial charge on any atom is -0.400 e. The summed E-state index contributed by atoms with van der Waals surface area (Å²) >= 11 is 0. The van der Waals surface area contributed by atoms with Gasteiger partial charge in [-0.05, 0) is 46.2 Å². The summed E-state index contributed by atoms with van der Waals surface area (Å²) in [5.74, 6) is 1.93.